The molecule has 3 atom stereocenters. The smallest absolute Gasteiger partial charge is 0.262 e. The number of carbonyl (C=O) groups is 2. The highest BCUT2D eigenvalue weighted by Gasteiger charge is 2.63. The number of aromatic nitrogens is 1. The van der Waals surface area contributed by atoms with E-state index in [2.05, 4.69) is 37.0 Å². The summed E-state index contributed by atoms with van der Waals surface area (Å²) in [6.45, 7) is 5.45. The molecule has 1 aromatic heterocycles. The Balaban J connectivity index is 1.78. The second-order valence-corrected chi connectivity index (χ2v) is 8.01. The zero-order valence-corrected chi connectivity index (χ0v) is 14.5. The van der Waals surface area contributed by atoms with Crippen molar-refractivity contribution in [2.24, 2.45) is 5.92 Å². The molecule has 2 aromatic rings. The molecular weight excluding hydrogens is 316 g/mol. The van der Waals surface area contributed by atoms with Gasteiger partial charge in [0, 0.05) is 28.6 Å². The van der Waals surface area contributed by atoms with Crippen LogP contribution < -0.4 is 0 Å². The molecule has 1 saturated heterocycles. The highest BCUT2D eigenvalue weighted by Crippen LogP contribution is 2.58. The second kappa shape index (κ2) is 4.34. The van der Waals surface area contributed by atoms with Crippen LogP contribution in [0.1, 0.15) is 37.8 Å². The molecule has 1 fully saturated rings. The van der Waals surface area contributed by atoms with Gasteiger partial charge in [0.2, 0.25) is 0 Å². The van der Waals surface area contributed by atoms with E-state index in [4.69, 9.17) is 0 Å². The zero-order chi connectivity index (χ0) is 17.7. The van der Waals surface area contributed by atoms with Gasteiger partial charge in [-0.2, -0.15) is 0 Å². The Morgan fingerprint density at radius 3 is 2.84 bits per heavy atom. The lowest BCUT2D eigenvalue weighted by atomic mass is 9.69. The molecule has 5 rings (SSSR count). The van der Waals surface area contributed by atoms with Gasteiger partial charge in [-0.05, 0) is 50.3 Å². The molecule has 1 amide bonds. The van der Waals surface area contributed by atoms with Crippen LogP contribution in [0.4, 0.5) is 0 Å². The molecule has 1 aliphatic carbocycles. The number of nitrogens with zero attached hydrogens (tertiary/aromatic N) is 1. The summed E-state index contributed by atoms with van der Waals surface area (Å²) in [7, 11) is 0. The van der Waals surface area contributed by atoms with E-state index in [-0.39, 0.29) is 34.9 Å². The quantitative estimate of drug-likeness (QED) is 0.787. The maximum absolute atomic E-state index is 12.9. The highest BCUT2D eigenvalue weighted by molar-refractivity contribution is 6.21. The van der Waals surface area contributed by atoms with Crippen LogP contribution >= 0.6 is 0 Å². The Morgan fingerprint density at radius 1 is 1.36 bits per heavy atom. The van der Waals surface area contributed by atoms with Gasteiger partial charge in [0.15, 0.2) is 5.78 Å². The van der Waals surface area contributed by atoms with Crippen LogP contribution in [0, 0.1) is 5.92 Å². The van der Waals surface area contributed by atoms with Crippen LogP contribution in [0.25, 0.3) is 10.9 Å². The average molecular weight is 336 g/mol. The monoisotopic (exact) mass is 336 g/mol. The largest absolute Gasteiger partial charge is 0.509 e. The number of rotatable bonds is 1. The third kappa shape index (κ3) is 1.54. The number of amides is 1. The number of aliphatic hydroxyl groups excluding tert-OH is 1. The van der Waals surface area contributed by atoms with Crippen molar-refractivity contribution < 1.29 is 14.7 Å². The number of aliphatic hydroxyl groups is 1. The molecular formula is C20H20N2O3. The molecule has 3 aliphatic rings. The van der Waals surface area contributed by atoms with Crippen molar-refractivity contribution in [1.29, 1.82) is 0 Å². The minimum atomic E-state index is -0.446. The minimum Gasteiger partial charge on any atom is -0.509 e. The summed E-state index contributed by atoms with van der Waals surface area (Å²) >= 11 is 0. The van der Waals surface area contributed by atoms with Crippen molar-refractivity contribution in [3.8, 4) is 0 Å². The van der Waals surface area contributed by atoms with Crippen molar-refractivity contribution in [1.82, 2.24) is 9.88 Å². The number of H-pyrrole nitrogens is 1. The van der Waals surface area contributed by atoms with Crippen LogP contribution in [0.2, 0.25) is 0 Å². The standard InChI is InChI=1S/C20H20N2O3/c1-9(23)14-18(24)17-16-11-8-21-13-6-4-5-10(15(11)13)7-12(16)20(2,3)22(17)19(14)25/h4-6,8,12,16-17,21,24H,7H2,1-3H3/t12-,16+,17+/m0/s1. The number of aromatic amines is 1. The maximum atomic E-state index is 12.9. The van der Waals surface area contributed by atoms with Crippen molar-refractivity contribution in [2.45, 2.75) is 44.7 Å². The van der Waals surface area contributed by atoms with Gasteiger partial charge >= 0.3 is 0 Å². The first-order chi connectivity index (χ1) is 11.8. The average Bonchev–Trinajstić information content (AvgIpc) is 3.14. The van der Waals surface area contributed by atoms with Gasteiger partial charge in [-0.1, -0.05) is 12.1 Å². The Bertz CT molecular complexity index is 998. The third-order valence-electron chi connectivity index (χ3n) is 6.52. The number of Topliss-reactive ketones (excluding diaryl/α,β-unsaturated/α-hetero) is 1. The van der Waals surface area contributed by atoms with E-state index in [0.717, 1.165) is 17.5 Å². The number of hydrogen-bond donors (Lipinski definition) is 2. The Kier molecular flexibility index (Phi) is 2.56. The molecule has 0 spiro atoms. The first-order valence-corrected chi connectivity index (χ1v) is 8.70. The van der Waals surface area contributed by atoms with Gasteiger partial charge in [-0.25, -0.2) is 0 Å². The summed E-state index contributed by atoms with van der Waals surface area (Å²) < 4.78 is 0. The van der Waals surface area contributed by atoms with Crippen LogP contribution in [-0.4, -0.2) is 38.3 Å². The fourth-order valence-electron chi connectivity index (χ4n) is 5.47. The fourth-order valence-corrected chi connectivity index (χ4v) is 5.47. The van der Waals surface area contributed by atoms with Gasteiger partial charge in [0.1, 0.15) is 11.3 Å². The van der Waals surface area contributed by atoms with Crippen molar-refractivity contribution in [2.75, 3.05) is 0 Å². The van der Waals surface area contributed by atoms with Gasteiger partial charge in [-0.3, -0.25) is 9.59 Å². The van der Waals surface area contributed by atoms with E-state index in [1.165, 1.54) is 17.9 Å². The SMILES string of the molecule is CC(=O)C1=C(O)[C@H]2[C@@H]3c4c[nH]c5cccc(c45)C[C@@H]3C(C)(C)N2C1=O. The summed E-state index contributed by atoms with van der Waals surface area (Å²) in [5, 5.41) is 12.0. The molecule has 0 radical (unpaired) electrons. The Hall–Kier alpha value is -2.56. The van der Waals surface area contributed by atoms with Gasteiger partial charge in [0.05, 0.1) is 6.04 Å². The lowest BCUT2D eigenvalue weighted by molar-refractivity contribution is -0.132. The summed E-state index contributed by atoms with van der Waals surface area (Å²) in [5.41, 5.74) is 3.04. The first-order valence-electron chi connectivity index (χ1n) is 8.70. The van der Waals surface area contributed by atoms with E-state index < -0.39 is 11.6 Å². The van der Waals surface area contributed by atoms with Crippen LogP contribution in [-0.2, 0) is 16.0 Å². The number of ketones is 1. The molecule has 0 unspecified atom stereocenters. The van der Waals surface area contributed by atoms with Crippen LogP contribution in [0.5, 0.6) is 0 Å². The number of nitrogens with one attached hydrogen (secondary N) is 1. The van der Waals surface area contributed by atoms with Crippen molar-refractivity contribution in [3.05, 3.63) is 46.9 Å². The molecule has 2 N–H and O–H groups in total. The second-order valence-electron chi connectivity index (χ2n) is 8.01. The normalized spacial score (nSPS) is 29.3. The number of hydrogen-bond acceptors (Lipinski definition) is 3. The van der Waals surface area contributed by atoms with Crippen LogP contribution in [0.3, 0.4) is 0 Å². The number of benzene rings is 1. The van der Waals surface area contributed by atoms with Gasteiger partial charge in [-0.15, -0.1) is 0 Å². The van der Waals surface area contributed by atoms with E-state index >= 15 is 0 Å². The van der Waals surface area contributed by atoms with E-state index in [1.807, 2.05) is 6.20 Å². The summed E-state index contributed by atoms with van der Waals surface area (Å²) in [6, 6.07) is 5.81. The van der Waals surface area contributed by atoms with Gasteiger partial charge < -0.3 is 15.0 Å². The Morgan fingerprint density at radius 2 is 2.12 bits per heavy atom. The van der Waals surface area contributed by atoms with Crippen LogP contribution in [0.15, 0.2) is 35.7 Å². The van der Waals surface area contributed by atoms with Gasteiger partial charge in [0.25, 0.3) is 5.91 Å². The molecule has 2 aliphatic heterocycles. The molecule has 1 aromatic carbocycles. The summed E-state index contributed by atoms with van der Waals surface area (Å²) in [4.78, 5) is 29.9. The lowest BCUT2D eigenvalue weighted by Gasteiger charge is -2.37. The molecule has 0 saturated carbocycles. The molecule has 128 valence electrons. The molecule has 5 nitrogen and oxygen atoms in total. The van der Waals surface area contributed by atoms with E-state index in [9.17, 15) is 14.7 Å². The molecule has 3 heterocycles. The fraction of sp³-hybridized carbons (Fsp3) is 0.400. The summed E-state index contributed by atoms with van der Waals surface area (Å²) in [6.07, 6.45) is 2.87. The maximum Gasteiger partial charge on any atom is 0.262 e. The molecule has 25 heavy (non-hydrogen) atoms. The van der Waals surface area contributed by atoms with E-state index in [0.29, 0.717) is 0 Å². The molecule has 5 heteroatoms. The Labute approximate surface area is 145 Å². The predicted molar refractivity (Wildman–Crippen MR) is 93.3 cm³/mol. The summed E-state index contributed by atoms with van der Waals surface area (Å²) in [5.74, 6) is -0.540. The molecule has 0 bridgehead atoms. The zero-order valence-electron chi connectivity index (χ0n) is 14.5. The third-order valence-corrected chi connectivity index (χ3v) is 6.52. The number of carbonyl (C=O) groups excluding carboxylic acids is 2. The topological polar surface area (TPSA) is 73.4 Å². The first kappa shape index (κ1) is 14.8. The highest BCUT2D eigenvalue weighted by atomic mass is 16.3. The van der Waals surface area contributed by atoms with E-state index in [1.54, 1.807) is 4.90 Å². The lowest BCUT2D eigenvalue weighted by Crippen LogP contribution is -2.47. The van der Waals surface area contributed by atoms with Crippen molar-refractivity contribution >= 4 is 22.6 Å². The number of fused-ring (bicyclic) bond motifs is 4. The van der Waals surface area contributed by atoms with Crippen molar-refractivity contribution in [3.63, 3.8) is 0 Å². The minimum absolute atomic E-state index is 0.000509. The predicted octanol–water partition coefficient (Wildman–Crippen LogP) is 2.83.